The number of hydrogen-bond donors (Lipinski definition) is 1. The van der Waals surface area contributed by atoms with Gasteiger partial charge in [-0.3, -0.25) is 15.0 Å². The maximum absolute atomic E-state index is 12.9. The Labute approximate surface area is 213 Å². The van der Waals surface area contributed by atoms with Crippen LogP contribution in [0.4, 0.5) is 4.79 Å². The summed E-state index contributed by atoms with van der Waals surface area (Å²) in [6.07, 6.45) is 3.63. The second-order valence-electron chi connectivity index (χ2n) is 9.89. The highest BCUT2D eigenvalue weighted by molar-refractivity contribution is 6.03. The molecular weight excluding hydrogens is 452 g/mol. The minimum Gasteiger partial charge on any atom is -0.340 e. The van der Waals surface area contributed by atoms with Crippen LogP contribution in [-0.2, 0) is 17.6 Å². The van der Waals surface area contributed by atoms with Gasteiger partial charge in [-0.2, -0.15) is 0 Å². The summed E-state index contributed by atoms with van der Waals surface area (Å²) in [4.78, 5) is 38.6. The molecule has 2 atom stereocenters. The number of aryl methyl sites for hydroxylation is 2. The van der Waals surface area contributed by atoms with Crippen LogP contribution in [0.2, 0.25) is 0 Å². The van der Waals surface area contributed by atoms with Gasteiger partial charge in [-0.1, -0.05) is 60.7 Å². The molecular formula is C28H36N6O2. The van der Waals surface area contributed by atoms with Crippen molar-refractivity contribution in [1.82, 2.24) is 24.9 Å². The Kier molecular flexibility index (Phi) is 7.51. The molecule has 3 heterocycles. The van der Waals surface area contributed by atoms with Gasteiger partial charge in [0.25, 0.3) is 5.91 Å². The predicted molar refractivity (Wildman–Crippen MR) is 141 cm³/mol. The van der Waals surface area contributed by atoms with Crippen LogP contribution in [0, 0.1) is 0 Å². The van der Waals surface area contributed by atoms with E-state index >= 15 is 0 Å². The molecule has 3 aliphatic heterocycles. The maximum atomic E-state index is 12.9. The van der Waals surface area contributed by atoms with Crippen molar-refractivity contribution in [2.45, 2.75) is 37.9 Å². The molecule has 0 aliphatic carbocycles. The summed E-state index contributed by atoms with van der Waals surface area (Å²) in [7, 11) is 1.72. The number of nitrogens with one attached hydrogen (secondary N) is 1. The van der Waals surface area contributed by atoms with Crippen LogP contribution >= 0.6 is 0 Å². The monoisotopic (exact) mass is 488 g/mol. The number of urea groups is 1. The van der Waals surface area contributed by atoms with Gasteiger partial charge in [-0.05, 0) is 43.4 Å². The quantitative estimate of drug-likeness (QED) is 0.618. The molecule has 8 nitrogen and oxygen atoms in total. The van der Waals surface area contributed by atoms with Crippen molar-refractivity contribution in [2.24, 2.45) is 4.99 Å². The molecule has 8 heteroatoms. The van der Waals surface area contributed by atoms with E-state index in [0.717, 1.165) is 70.9 Å². The van der Waals surface area contributed by atoms with Gasteiger partial charge in [0.1, 0.15) is 0 Å². The molecule has 0 saturated carbocycles. The Hall–Kier alpha value is -3.39. The highest BCUT2D eigenvalue weighted by atomic mass is 16.2. The second kappa shape index (κ2) is 11.1. The largest absolute Gasteiger partial charge is 0.340 e. The molecule has 36 heavy (non-hydrogen) atoms. The molecule has 0 aromatic heterocycles. The van der Waals surface area contributed by atoms with E-state index in [0.29, 0.717) is 0 Å². The first kappa shape index (κ1) is 24.3. The number of nitrogens with zero attached hydrogens (tertiary/aromatic N) is 5. The molecule has 5 rings (SSSR count). The zero-order chi connectivity index (χ0) is 24.9. The Balaban J connectivity index is 1.21. The summed E-state index contributed by atoms with van der Waals surface area (Å²) < 4.78 is 0. The zero-order valence-corrected chi connectivity index (χ0v) is 21.1. The van der Waals surface area contributed by atoms with E-state index in [1.165, 1.54) is 11.1 Å². The minimum absolute atomic E-state index is 0.249. The number of likely N-dealkylation sites (N-methyl/N-ethyl adjacent to an activating group) is 1. The molecule has 2 aromatic rings. The average molecular weight is 489 g/mol. The van der Waals surface area contributed by atoms with E-state index in [-0.39, 0.29) is 11.9 Å². The molecule has 0 radical (unpaired) electrons. The highest BCUT2D eigenvalue weighted by Gasteiger charge is 2.49. The lowest BCUT2D eigenvalue weighted by Crippen LogP contribution is -2.64. The predicted octanol–water partition coefficient (Wildman–Crippen LogP) is 2.42. The SMILES string of the molecule is CN1C(=O)NC(=O)C2C1N=C(N1CCN(CCCc3ccccc3)CC1)N2CCCc1ccccc1. The summed E-state index contributed by atoms with van der Waals surface area (Å²) in [5.41, 5.74) is 2.68. The fourth-order valence-electron chi connectivity index (χ4n) is 5.43. The molecule has 0 bridgehead atoms. The molecule has 0 spiro atoms. The normalized spacial score (nSPS) is 22.5. The number of hydrogen-bond acceptors (Lipinski definition) is 6. The maximum Gasteiger partial charge on any atom is 0.325 e. The molecule has 3 aliphatic rings. The lowest BCUT2D eigenvalue weighted by atomic mass is 10.1. The number of carbonyl (C=O) groups is 2. The third-order valence-electron chi connectivity index (χ3n) is 7.48. The number of fused-ring (bicyclic) bond motifs is 1. The Morgan fingerprint density at radius 2 is 1.42 bits per heavy atom. The zero-order valence-electron chi connectivity index (χ0n) is 21.1. The first-order valence-electron chi connectivity index (χ1n) is 13.1. The molecule has 2 fully saturated rings. The number of carbonyl (C=O) groups excluding carboxylic acids is 2. The number of guanidine groups is 1. The smallest absolute Gasteiger partial charge is 0.325 e. The standard InChI is InChI=1S/C28H36N6O2/c1-31-25-24(26(35)30-28(31)36)34(17-9-15-23-12-6-3-7-13-23)27(29-25)33-20-18-32(19-21-33)16-8-14-22-10-4-2-5-11-22/h2-7,10-13,24-25H,8-9,14-21H2,1H3,(H,30,35,36). The Bertz CT molecular complexity index is 1070. The van der Waals surface area contributed by atoms with Gasteiger partial charge in [0, 0.05) is 39.8 Å². The number of piperazine rings is 1. The van der Waals surface area contributed by atoms with Crippen LogP contribution in [0.15, 0.2) is 65.7 Å². The van der Waals surface area contributed by atoms with Gasteiger partial charge < -0.3 is 14.7 Å². The second-order valence-corrected chi connectivity index (χ2v) is 9.89. The molecule has 2 aromatic carbocycles. The van der Waals surface area contributed by atoms with Crippen LogP contribution < -0.4 is 5.32 Å². The van der Waals surface area contributed by atoms with E-state index in [1.807, 2.05) is 6.07 Å². The van der Waals surface area contributed by atoms with E-state index in [9.17, 15) is 9.59 Å². The van der Waals surface area contributed by atoms with Gasteiger partial charge in [-0.15, -0.1) is 0 Å². The Morgan fingerprint density at radius 3 is 2.03 bits per heavy atom. The van der Waals surface area contributed by atoms with Crippen LogP contribution in [0.1, 0.15) is 24.0 Å². The van der Waals surface area contributed by atoms with Crippen LogP contribution in [0.3, 0.4) is 0 Å². The van der Waals surface area contributed by atoms with Crippen molar-refractivity contribution < 1.29 is 9.59 Å². The fraction of sp³-hybridized carbons (Fsp3) is 0.464. The Morgan fingerprint density at radius 1 is 0.833 bits per heavy atom. The van der Waals surface area contributed by atoms with Crippen molar-refractivity contribution in [1.29, 1.82) is 0 Å². The van der Waals surface area contributed by atoms with E-state index in [1.54, 1.807) is 11.9 Å². The summed E-state index contributed by atoms with van der Waals surface area (Å²) >= 11 is 0. The van der Waals surface area contributed by atoms with Gasteiger partial charge in [0.2, 0.25) is 0 Å². The molecule has 2 saturated heterocycles. The average Bonchev–Trinajstić information content (AvgIpc) is 3.29. The summed E-state index contributed by atoms with van der Waals surface area (Å²) in [6.45, 7) is 5.50. The number of imide groups is 1. The first-order chi connectivity index (χ1) is 17.6. The van der Waals surface area contributed by atoms with Crippen LogP contribution in [0.25, 0.3) is 0 Å². The van der Waals surface area contributed by atoms with Gasteiger partial charge >= 0.3 is 6.03 Å². The van der Waals surface area contributed by atoms with Crippen molar-refractivity contribution in [3.05, 3.63) is 71.8 Å². The van der Waals surface area contributed by atoms with Crippen LogP contribution in [0.5, 0.6) is 0 Å². The van der Waals surface area contributed by atoms with E-state index < -0.39 is 12.2 Å². The lowest BCUT2D eigenvalue weighted by molar-refractivity contribution is -0.127. The molecule has 3 amide bonds. The summed E-state index contributed by atoms with van der Waals surface area (Å²) in [5.74, 6) is 0.611. The van der Waals surface area contributed by atoms with Crippen molar-refractivity contribution in [3.63, 3.8) is 0 Å². The molecule has 1 N–H and O–H groups in total. The number of rotatable bonds is 8. The third-order valence-corrected chi connectivity index (χ3v) is 7.48. The van der Waals surface area contributed by atoms with Crippen LogP contribution in [-0.4, -0.2) is 96.0 Å². The van der Waals surface area contributed by atoms with Crippen molar-refractivity contribution in [2.75, 3.05) is 46.3 Å². The van der Waals surface area contributed by atoms with Crippen molar-refractivity contribution >= 4 is 17.9 Å². The van der Waals surface area contributed by atoms with E-state index in [4.69, 9.17) is 4.99 Å². The fourth-order valence-corrected chi connectivity index (χ4v) is 5.43. The number of aliphatic imine (C=N–C) groups is 1. The molecule has 2 unspecified atom stereocenters. The van der Waals surface area contributed by atoms with Gasteiger partial charge in [0.15, 0.2) is 18.2 Å². The van der Waals surface area contributed by atoms with Gasteiger partial charge in [-0.25, -0.2) is 9.79 Å². The molecule has 190 valence electrons. The topological polar surface area (TPSA) is 71.5 Å². The number of amides is 3. The van der Waals surface area contributed by atoms with Crippen molar-refractivity contribution in [3.8, 4) is 0 Å². The lowest BCUT2D eigenvalue weighted by Gasteiger charge is -2.40. The highest BCUT2D eigenvalue weighted by Crippen LogP contribution is 2.26. The minimum atomic E-state index is -0.470. The van der Waals surface area contributed by atoms with E-state index in [2.05, 4.69) is 74.6 Å². The summed E-state index contributed by atoms with van der Waals surface area (Å²) in [6, 6.07) is 20.2. The summed E-state index contributed by atoms with van der Waals surface area (Å²) in [5, 5.41) is 2.51. The first-order valence-corrected chi connectivity index (χ1v) is 13.1. The van der Waals surface area contributed by atoms with Gasteiger partial charge in [0.05, 0.1) is 0 Å². The number of benzene rings is 2. The third kappa shape index (κ3) is 5.38.